The summed E-state index contributed by atoms with van der Waals surface area (Å²) in [7, 11) is 0. The van der Waals surface area contributed by atoms with Crippen molar-refractivity contribution >= 4 is 28.9 Å². The first-order chi connectivity index (χ1) is 14.9. The first kappa shape index (κ1) is 21.3. The molecule has 2 aliphatic rings. The minimum Gasteiger partial charge on any atom is -0.352 e. The van der Waals surface area contributed by atoms with Gasteiger partial charge in [0.25, 0.3) is 0 Å². The van der Waals surface area contributed by atoms with Gasteiger partial charge in [0.15, 0.2) is 0 Å². The Morgan fingerprint density at radius 3 is 2.71 bits per heavy atom. The van der Waals surface area contributed by atoms with E-state index in [1.165, 1.54) is 5.56 Å². The zero-order valence-electron chi connectivity index (χ0n) is 18.6. The van der Waals surface area contributed by atoms with Gasteiger partial charge in [-0.05, 0) is 81.7 Å². The monoisotopic (exact) mass is 417 g/mol. The lowest BCUT2D eigenvalue weighted by atomic mass is 10.0. The molecule has 162 valence electrons. The van der Waals surface area contributed by atoms with Crippen molar-refractivity contribution in [1.29, 1.82) is 0 Å². The molecule has 0 saturated heterocycles. The van der Waals surface area contributed by atoms with E-state index in [1.807, 2.05) is 44.2 Å². The second-order valence-corrected chi connectivity index (χ2v) is 8.89. The quantitative estimate of drug-likeness (QED) is 0.743. The van der Waals surface area contributed by atoms with Gasteiger partial charge in [-0.25, -0.2) is 0 Å². The van der Waals surface area contributed by atoms with E-state index < -0.39 is 0 Å². The van der Waals surface area contributed by atoms with Crippen LogP contribution < -0.4 is 10.2 Å². The fraction of sp³-hybridized carbons (Fsp3) is 0.423. The van der Waals surface area contributed by atoms with E-state index in [4.69, 9.17) is 4.99 Å². The van der Waals surface area contributed by atoms with E-state index in [0.29, 0.717) is 0 Å². The van der Waals surface area contributed by atoms with E-state index in [-0.39, 0.29) is 30.3 Å². The van der Waals surface area contributed by atoms with Crippen LogP contribution in [-0.4, -0.2) is 30.1 Å². The topological polar surface area (TPSA) is 61.8 Å². The van der Waals surface area contributed by atoms with Gasteiger partial charge in [0, 0.05) is 11.8 Å². The molecule has 0 spiro atoms. The number of nitrogens with zero attached hydrogens (tertiary/aromatic N) is 2. The van der Waals surface area contributed by atoms with Crippen molar-refractivity contribution in [3.8, 4) is 0 Å². The number of hydrogen-bond donors (Lipinski definition) is 1. The molecule has 2 aromatic rings. The Morgan fingerprint density at radius 1 is 1.19 bits per heavy atom. The molecule has 0 unspecified atom stereocenters. The maximum absolute atomic E-state index is 13.4. The molecule has 1 saturated carbocycles. The van der Waals surface area contributed by atoms with Crippen molar-refractivity contribution in [2.75, 3.05) is 11.4 Å². The minimum absolute atomic E-state index is 0.00495. The van der Waals surface area contributed by atoms with Crippen LogP contribution in [0.25, 0.3) is 0 Å². The third kappa shape index (κ3) is 4.71. The Bertz CT molecular complexity index is 1010. The van der Waals surface area contributed by atoms with Crippen LogP contribution in [0.4, 0.5) is 11.4 Å². The summed E-state index contributed by atoms with van der Waals surface area (Å²) in [5, 5.41) is 3.08. The molecule has 0 radical (unpaired) electrons. The first-order valence-electron chi connectivity index (χ1n) is 11.3. The Hall–Kier alpha value is -2.95. The third-order valence-corrected chi connectivity index (χ3v) is 6.46. The molecule has 5 heteroatoms. The zero-order chi connectivity index (χ0) is 22.0. The zero-order valence-corrected chi connectivity index (χ0v) is 18.6. The molecule has 1 heterocycles. The van der Waals surface area contributed by atoms with Crippen LogP contribution >= 0.6 is 0 Å². The summed E-state index contributed by atoms with van der Waals surface area (Å²) in [6.45, 7) is 6.14. The number of aryl methyl sites for hydroxylation is 3. The molecular formula is C26H31N3O2. The number of carbonyl (C=O) groups excluding carboxylic acids is 2. The SMILES string of the molecule is Cc1cc2c(cc1C)N(CC(=O)N[C@H](C)CCc1ccccc1)C(=O)[C@H]1CCCC1=N2. The number of nitrogens with one attached hydrogen (secondary N) is 1. The van der Waals surface area contributed by atoms with Crippen LogP contribution in [0.3, 0.4) is 0 Å². The first-order valence-corrected chi connectivity index (χ1v) is 11.3. The lowest BCUT2D eigenvalue weighted by molar-refractivity contribution is -0.125. The number of carbonyl (C=O) groups is 2. The highest BCUT2D eigenvalue weighted by atomic mass is 16.2. The summed E-state index contributed by atoms with van der Waals surface area (Å²) in [4.78, 5) is 32.8. The van der Waals surface area contributed by atoms with Crippen molar-refractivity contribution in [3.63, 3.8) is 0 Å². The van der Waals surface area contributed by atoms with Crippen LogP contribution in [0.15, 0.2) is 47.5 Å². The van der Waals surface area contributed by atoms with E-state index in [9.17, 15) is 9.59 Å². The number of rotatable bonds is 6. The predicted octanol–water partition coefficient (Wildman–Crippen LogP) is 4.66. The number of anilines is 1. The van der Waals surface area contributed by atoms with Crippen molar-refractivity contribution in [2.45, 2.75) is 58.9 Å². The maximum atomic E-state index is 13.4. The van der Waals surface area contributed by atoms with E-state index >= 15 is 0 Å². The normalized spacial score (nSPS) is 18.7. The second kappa shape index (κ2) is 9.04. The number of amides is 2. The summed E-state index contributed by atoms with van der Waals surface area (Å²) in [6.07, 6.45) is 4.42. The average molecular weight is 418 g/mol. The van der Waals surface area contributed by atoms with Crippen molar-refractivity contribution in [3.05, 3.63) is 59.2 Å². The predicted molar refractivity (Wildman–Crippen MR) is 125 cm³/mol. The maximum Gasteiger partial charge on any atom is 0.240 e. The van der Waals surface area contributed by atoms with E-state index in [0.717, 1.165) is 60.3 Å². The Kier molecular flexibility index (Phi) is 6.21. The van der Waals surface area contributed by atoms with Gasteiger partial charge in [-0.3, -0.25) is 14.6 Å². The number of benzene rings is 2. The summed E-state index contributed by atoms with van der Waals surface area (Å²) in [6, 6.07) is 14.4. The molecule has 2 amide bonds. The lowest BCUT2D eigenvalue weighted by Gasteiger charge is -2.26. The molecule has 0 bridgehead atoms. The number of fused-ring (bicyclic) bond motifs is 2. The Labute approximate surface area is 184 Å². The molecule has 31 heavy (non-hydrogen) atoms. The summed E-state index contributed by atoms with van der Waals surface area (Å²) in [5.41, 5.74) is 6.03. The van der Waals surface area contributed by atoms with Gasteiger partial charge in [0.2, 0.25) is 11.8 Å². The molecule has 1 aliphatic carbocycles. The van der Waals surface area contributed by atoms with Crippen LogP contribution in [0.5, 0.6) is 0 Å². The van der Waals surface area contributed by atoms with Crippen LogP contribution in [0, 0.1) is 19.8 Å². The third-order valence-electron chi connectivity index (χ3n) is 6.46. The molecule has 1 aliphatic heterocycles. The van der Waals surface area contributed by atoms with Gasteiger partial charge in [-0.1, -0.05) is 30.3 Å². The fourth-order valence-corrected chi connectivity index (χ4v) is 4.51. The van der Waals surface area contributed by atoms with Gasteiger partial charge in [-0.15, -0.1) is 0 Å². The minimum atomic E-state index is -0.198. The molecule has 0 aromatic heterocycles. The Morgan fingerprint density at radius 2 is 1.94 bits per heavy atom. The van der Waals surface area contributed by atoms with Crippen molar-refractivity contribution in [2.24, 2.45) is 10.9 Å². The average Bonchev–Trinajstić information content (AvgIpc) is 3.18. The number of hydrogen-bond acceptors (Lipinski definition) is 3. The molecular weight excluding hydrogens is 386 g/mol. The fourth-order valence-electron chi connectivity index (χ4n) is 4.51. The second-order valence-electron chi connectivity index (χ2n) is 8.89. The van der Waals surface area contributed by atoms with E-state index in [1.54, 1.807) is 4.90 Å². The highest BCUT2D eigenvalue weighted by molar-refractivity contribution is 6.16. The summed E-state index contributed by atoms with van der Waals surface area (Å²) in [5.74, 6) is -0.318. The van der Waals surface area contributed by atoms with Crippen LogP contribution in [0.2, 0.25) is 0 Å². The highest BCUT2D eigenvalue weighted by Crippen LogP contribution is 2.39. The molecule has 4 rings (SSSR count). The largest absolute Gasteiger partial charge is 0.352 e. The van der Waals surface area contributed by atoms with Crippen LogP contribution in [-0.2, 0) is 16.0 Å². The molecule has 1 N–H and O–H groups in total. The van der Waals surface area contributed by atoms with Crippen molar-refractivity contribution < 1.29 is 9.59 Å². The molecule has 1 fully saturated rings. The standard InChI is InChI=1S/C26H31N3O2/c1-17-14-23-24(15-18(17)2)29(26(31)21-10-7-11-22(21)28-23)16-25(30)27-19(3)12-13-20-8-5-4-6-9-20/h4-6,8-9,14-15,19,21H,7,10-13,16H2,1-3H3,(H,27,30)/t19-,21+/m1/s1. The molecule has 2 aromatic carbocycles. The smallest absolute Gasteiger partial charge is 0.240 e. The van der Waals surface area contributed by atoms with Gasteiger partial charge >= 0.3 is 0 Å². The summed E-state index contributed by atoms with van der Waals surface area (Å²) >= 11 is 0. The van der Waals surface area contributed by atoms with Crippen LogP contribution in [0.1, 0.15) is 49.3 Å². The number of aliphatic imine (C=N–C) groups is 1. The van der Waals surface area contributed by atoms with E-state index in [2.05, 4.69) is 24.4 Å². The summed E-state index contributed by atoms with van der Waals surface area (Å²) < 4.78 is 0. The van der Waals surface area contributed by atoms with Gasteiger partial charge < -0.3 is 10.2 Å². The molecule has 2 atom stereocenters. The van der Waals surface area contributed by atoms with Crippen molar-refractivity contribution in [1.82, 2.24) is 5.32 Å². The van der Waals surface area contributed by atoms with Gasteiger partial charge in [0.05, 0.1) is 17.3 Å². The Balaban J connectivity index is 1.48. The molecule has 5 nitrogen and oxygen atoms in total. The van der Waals surface area contributed by atoms with Gasteiger partial charge in [0.1, 0.15) is 6.54 Å². The lowest BCUT2D eigenvalue weighted by Crippen LogP contribution is -2.45. The highest BCUT2D eigenvalue weighted by Gasteiger charge is 2.37. The van der Waals surface area contributed by atoms with Gasteiger partial charge in [-0.2, -0.15) is 0 Å².